The van der Waals surface area contributed by atoms with Crippen molar-refractivity contribution in [3.8, 4) is 0 Å². The number of rotatable bonds is 7. The summed E-state index contributed by atoms with van der Waals surface area (Å²) in [4.78, 5) is 27.9. The Labute approximate surface area is 117 Å². The van der Waals surface area contributed by atoms with Crippen LogP contribution in [0.4, 0.5) is 4.79 Å². The van der Waals surface area contributed by atoms with Crippen LogP contribution in [0.2, 0.25) is 0 Å². The molecule has 1 rings (SSSR count). The van der Waals surface area contributed by atoms with Gasteiger partial charge in [0, 0.05) is 33.1 Å². The van der Waals surface area contributed by atoms with Crippen LogP contribution < -0.4 is 5.32 Å². The highest BCUT2D eigenvalue weighted by Gasteiger charge is 2.18. The number of carbonyl (C=O) groups excluding carboxylic acids is 1. The second-order valence-electron chi connectivity index (χ2n) is 4.28. The van der Waals surface area contributed by atoms with Crippen LogP contribution in [0.5, 0.6) is 0 Å². The smallest absolute Gasteiger partial charge is 0.334 e. The van der Waals surface area contributed by atoms with Crippen LogP contribution in [0, 0.1) is 0 Å². The number of nitrogens with one attached hydrogen (secondary N) is 1. The van der Waals surface area contributed by atoms with E-state index in [2.05, 4.69) is 10.3 Å². The normalized spacial score (nSPS) is 11.7. The number of hydrogen-bond acceptors (Lipinski definition) is 4. The third-order valence-corrected chi connectivity index (χ3v) is 2.83. The fourth-order valence-corrected chi connectivity index (χ4v) is 1.53. The van der Waals surface area contributed by atoms with Gasteiger partial charge in [0.1, 0.15) is 0 Å². The Bertz CT molecular complexity index is 439. The Kier molecular flexibility index (Phi) is 6.45. The molecule has 1 aromatic heterocycles. The molecular formula is C13H19N3O4. The molecule has 7 nitrogen and oxygen atoms in total. The van der Waals surface area contributed by atoms with Gasteiger partial charge in [-0.3, -0.25) is 4.98 Å². The Balaban J connectivity index is 2.34. The van der Waals surface area contributed by atoms with Crippen LogP contribution >= 0.6 is 0 Å². The number of nitrogens with zero attached hydrogens (tertiary/aromatic N) is 2. The van der Waals surface area contributed by atoms with Crippen LogP contribution in [0.3, 0.4) is 0 Å². The number of pyridine rings is 1. The third kappa shape index (κ3) is 5.23. The van der Waals surface area contributed by atoms with E-state index in [1.54, 1.807) is 19.4 Å². The first kappa shape index (κ1) is 15.9. The average molecular weight is 281 g/mol. The number of hydrogen-bond donors (Lipinski definition) is 2. The van der Waals surface area contributed by atoms with Crippen LogP contribution in [0.25, 0.3) is 0 Å². The lowest BCUT2D eigenvalue weighted by atomic mass is 10.2. The molecule has 1 aromatic rings. The molecule has 2 N–H and O–H groups in total. The third-order valence-electron chi connectivity index (χ3n) is 2.83. The van der Waals surface area contributed by atoms with Crippen molar-refractivity contribution in [2.45, 2.75) is 12.5 Å². The maximum atomic E-state index is 11.8. The maximum absolute atomic E-state index is 11.8. The number of carboxylic acid groups (broad SMARTS) is 1. The Hall–Kier alpha value is -2.15. The second-order valence-corrected chi connectivity index (χ2v) is 4.28. The van der Waals surface area contributed by atoms with Crippen molar-refractivity contribution >= 4 is 12.0 Å². The van der Waals surface area contributed by atoms with Gasteiger partial charge in [-0.15, -0.1) is 0 Å². The van der Waals surface area contributed by atoms with Crippen LogP contribution in [0.1, 0.15) is 5.56 Å². The minimum Gasteiger partial charge on any atom is -0.479 e. The van der Waals surface area contributed by atoms with Gasteiger partial charge in [0.05, 0.1) is 6.54 Å². The first-order chi connectivity index (χ1) is 9.54. The first-order valence-electron chi connectivity index (χ1n) is 6.18. The monoisotopic (exact) mass is 281 g/mol. The molecule has 2 amide bonds. The molecule has 0 saturated carbocycles. The van der Waals surface area contributed by atoms with Crippen molar-refractivity contribution < 1.29 is 19.4 Å². The zero-order valence-corrected chi connectivity index (χ0v) is 11.6. The summed E-state index contributed by atoms with van der Waals surface area (Å²) in [7, 11) is 2.94. The zero-order chi connectivity index (χ0) is 15.0. The number of methoxy groups -OCH3 is 1. The number of carboxylic acids is 1. The van der Waals surface area contributed by atoms with Gasteiger partial charge in [0.15, 0.2) is 6.10 Å². The van der Waals surface area contributed by atoms with E-state index in [0.29, 0.717) is 13.0 Å². The molecule has 0 saturated heterocycles. The largest absolute Gasteiger partial charge is 0.479 e. The molecule has 0 aliphatic carbocycles. The van der Waals surface area contributed by atoms with Gasteiger partial charge < -0.3 is 20.1 Å². The number of likely N-dealkylation sites (N-methyl/N-ethyl adjacent to an activating group) is 1. The quantitative estimate of drug-likeness (QED) is 0.753. The highest BCUT2D eigenvalue weighted by atomic mass is 16.5. The van der Waals surface area contributed by atoms with Crippen LogP contribution in [-0.4, -0.2) is 60.3 Å². The van der Waals surface area contributed by atoms with Crippen LogP contribution in [-0.2, 0) is 16.0 Å². The van der Waals surface area contributed by atoms with E-state index in [0.717, 1.165) is 5.56 Å². The second kappa shape index (κ2) is 8.11. The molecule has 0 bridgehead atoms. The standard InChI is InChI=1S/C13H19N3O4/c1-16(8-5-10-3-6-14-7-4-10)13(19)15-9-11(20-2)12(17)18/h3-4,6-7,11H,5,8-9H2,1-2H3,(H,15,19)(H,17,18). The van der Waals surface area contributed by atoms with Crippen molar-refractivity contribution in [1.29, 1.82) is 0 Å². The lowest BCUT2D eigenvalue weighted by Gasteiger charge is -2.19. The van der Waals surface area contributed by atoms with E-state index in [4.69, 9.17) is 9.84 Å². The SMILES string of the molecule is COC(CNC(=O)N(C)CCc1ccncc1)C(=O)O. The first-order valence-corrected chi connectivity index (χ1v) is 6.18. The summed E-state index contributed by atoms with van der Waals surface area (Å²) in [6.07, 6.45) is 3.07. The molecule has 0 fully saturated rings. The number of carbonyl (C=O) groups is 2. The molecule has 1 atom stereocenters. The van der Waals surface area contributed by atoms with Crippen molar-refractivity contribution in [2.75, 3.05) is 27.2 Å². The van der Waals surface area contributed by atoms with Gasteiger partial charge in [-0.05, 0) is 24.1 Å². The molecule has 0 aliphatic rings. The van der Waals surface area contributed by atoms with Gasteiger partial charge in [-0.2, -0.15) is 0 Å². The molecule has 0 aromatic carbocycles. The summed E-state index contributed by atoms with van der Waals surface area (Å²) in [5.74, 6) is -1.10. The van der Waals surface area contributed by atoms with Gasteiger partial charge in [-0.1, -0.05) is 0 Å². The molecule has 1 heterocycles. The number of amides is 2. The van der Waals surface area contributed by atoms with E-state index >= 15 is 0 Å². The molecule has 0 radical (unpaired) electrons. The topological polar surface area (TPSA) is 91.8 Å². The fourth-order valence-electron chi connectivity index (χ4n) is 1.53. The zero-order valence-electron chi connectivity index (χ0n) is 11.6. The summed E-state index contributed by atoms with van der Waals surface area (Å²) in [6, 6.07) is 3.44. The van der Waals surface area contributed by atoms with E-state index in [9.17, 15) is 9.59 Å². The Morgan fingerprint density at radius 2 is 2.10 bits per heavy atom. The van der Waals surface area contributed by atoms with E-state index in [-0.39, 0.29) is 12.6 Å². The summed E-state index contributed by atoms with van der Waals surface area (Å²) in [6.45, 7) is 0.463. The number of ether oxygens (including phenoxy) is 1. The lowest BCUT2D eigenvalue weighted by molar-refractivity contribution is -0.148. The van der Waals surface area contributed by atoms with Gasteiger partial charge >= 0.3 is 12.0 Å². The molecule has 110 valence electrons. The van der Waals surface area contributed by atoms with E-state index < -0.39 is 12.1 Å². The molecule has 1 unspecified atom stereocenters. The van der Waals surface area contributed by atoms with Crippen molar-refractivity contribution in [2.24, 2.45) is 0 Å². The number of aliphatic carboxylic acids is 1. The molecular weight excluding hydrogens is 262 g/mol. The summed E-state index contributed by atoms with van der Waals surface area (Å²) >= 11 is 0. The van der Waals surface area contributed by atoms with E-state index in [1.165, 1.54) is 12.0 Å². The van der Waals surface area contributed by atoms with Crippen LogP contribution in [0.15, 0.2) is 24.5 Å². The highest BCUT2D eigenvalue weighted by molar-refractivity contribution is 5.76. The van der Waals surface area contributed by atoms with Crippen molar-refractivity contribution in [1.82, 2.24) is 15.2 Å². The summed E-state index contributed by atoms with van der Waals surface area (Å²) < 4.78 is 4.73. The Morgan fingerprint density at radius 1 is 1.45 bits per heavy atom. The number of aromatic nitrogens is 1. The van der Waals surface area contributed by atoms with Gasteiger partial charge in [0.25, 0.3) is 0 Å². The van der Waals surface area contributed by atoms with Crippen molar-refractivity contribution in [3.63, 3.8) is 0 Å². The lowest BCUT2D eigenvalue weighted by Crippen LogP contribution is -2.44. The summed E-state index contributed by atoms with van der Waals surface area (Å²) in [5, 5.41) is 11.3. The van der Waals surface area contributed by atoms with E-state index in [1.807, 2.05) is 12.1 Å². The van der Waals surface area contributed by atoms with Gasteiger partial charge in [0.2, 0.25) is 0 Å². The predicted octanol–water partition coefficient (Wildman–Crippen LogP) is 0.365. The number of urea groups is 1. The highest BCUT2D eigenvalue weighted by Crippen LogP contribution is 1.99. The maximum Gasteiger partial charge on any atom is 0.334 e. The minimum absolute atomic E-state index is 0.0652. The summed E-state index contributed by atoms with van der Waals surface area (Å²) in [5.41, 5.74) is 1.08. The predicted molar refractivity (Wildman–Crippen MR) is 72.4 cm³/mol. The fraction of sp³-hybridized carbons (Fsp3) is 0.462. The molecule has 7 heteroatoms. The Morgan fingerprint density at radius 3 is 2.65 bits per heavy atom. The molecule has 0 aliphatic heterocycles. The molecule has 20 heavy (non-hydrogen) atoms. The minimum atomic E-state index is -1.10. The van der Waals surface area contributed by atoms with Crippen molar-refractivity contribution in [3.05, 3.63) is 30.1 Å². The molecule has 0 spiro atoms. The van der Waals surface area contributed by atoms with Gasteiger partial charge in [-0.25, -0.2) is 9.59 Å². The average Bonchev–Trinajstić information content (AvgIpc) is 2.45.